The van der Waals surface area contributed by atoms with Gasteiger partial charge in [0.15, 0.2) is 0 Å². The summed E-state index contributed by atoms with van der Waals surface area (Å²) in [5.41, 5.74) is 0. The number of allylic oxidation sites excluding steroid dienone is 1. The van der Waals surface area contributed by atoms with E-state index in [1.165, 1.54) is 13.8 Å². The zero-order chi connectivity index (χ0) is 8.73. The lowest BCUT2D eigenvalue weighted by atomic mass is 10.4. The third-order valence-electron chi connectivity index (χ3n) is 0.357. The van der Waals surface area contributed by atoms with E-state index in [1.807, 2.05) is 0 Å². The molecule has 0 aliphatic carbocycles. The molecule has 4 heteroatoms. The summed E-state index contributed by atoms with van der Waals surface area (Å²) in [4.78, 5) is 9.45. The highest BCUT2D eigenvalue weighted by Crippen LogP contribution is 1.73. The Kier molecular flexibility index (Phi) is 7.15. The van der Waals surface area contributed by atoms with E-state index in [-0.39, 0.29) is 5.76 Å². The fourth-order valence-corrected chi connectivity index (χ4v) is 0. The van der Waals surface area contributed by atoms with Gasteiger partial charge in [0.05, 0.1) is 0 Å². The molecule has 0 saturated heterocycles. The number of carboxylic acids is 1. The number of aliphatic hydroxyl groups excluding tert-OH is 1. The van der Waals surface area contributed by atoms with Crippen LogP contribution in [0.1, 0.15) is 13.8 Å². The van der Waals surface area contributed by atoms with Crippen LogP contribution in [0.4, 0.5) is 0 Å². The number of carbonyl (C=O) groups is 1. The lowest BCUT2D eigenvalue weighted by Gasteiger charge is -1.92. The van der Waals surface area contributed by atoms with Crippen LogP contribution in [-0.2, 0) is 4.79 Å². The minimum atomic E-state index is -1.23. The van der Waals surface area contributed by atoms with E-state index < -0.39 is 12.1 Å². The zero-order valence-electron chi connectivity index (χ0n) is 6.00. The molecular formula is C6H11O4-. The van der Waals surface area contributed by atoms with E-state index in [1.54, 1.807) is 0 Å². The SMILES string of the molecule is C=C(C)[O-].CC(O)C(=O)O. The molecule has 1 unspecified atom stereocenters. The highest BCUT2D eigenvalue weighted by molar-refractivity contribution is 5.71. The van der Waals surface area contributed by atoms with Gasteiger partial charge in [-0.15, -0.1) is 12.3 Å². The van der Waals surface area contributed by atoms with Crippen LogP contribution in [0.25, 0.3) is 0 Å². The van der Waals surface area contributed by atoms with Crippen molar-refractivity contribution in [2.75, 3.05) is 0 Å². The number of hydrogen-bond donors (Lipinski definition) is 2. The standard InChI is InChI=1S/C3H6O3.C3H6O/c1-2(4)3(5)6;1-3(2)4/h2,4H,1H3,(H,5,6);4H,1H2,2H3/p-1. The van der Waals surface area contributed by atoms with Gasteiger partial charge in [0.1, 0.15) is 6.10 Å². The summed E-state index contributed by atoms with van der Waals surface area (Å²) < 4.78 is 0. The molecule has 0 aromatic rings. The van der Waals surface area contributed by atoms with Gasteiger partial charge in [-0.2, -0.15) is 0 Å². The fourth-order valence-electron chi connectivity index (χ4n) is 0. The molecule has 0 amide bonds. The van der Waals surface area contributed by atoms with E-state index >= 15 is 0 Å². The fraction of sp³-hybridized carbons (Fsp3) is 0.500. The molecule has 0 aliphatic heterocycles. The van der Waals surface area contributed by atoms with Crippen LogP contribution in [0.15, 0.2) is 12.3 Å². The average molecular weight is 147 g/mol. The molecule has 0 aliphatic rings. The van der Waals surface area contributed by atoms with Crippen molar-refractivity contribution in [3.63, 3.8) is 0 Å². The van der Waals surface area contributed by atoms with Crippen molar-refractivity contribution >= 4 is 5.97 Å². The van der Waals surface area contributed by atoms with Crippen LogP contribution in [0.5, 0.6) is 0 Å². The van der Waals surface area contributed by atoms with Crippen LogP contribution in [0, 0.1) is 0 Å². The molecule has 0 bridgehead atoms. The molecule has 10 heavy (non-hydrogen) atoms. The first kappa shape index (κ1) is 11.7. The zero-order valence-corrected chi connectivity index (χ0v) is 6.00. The molecule has 0 saturated carbocycles. The van der Waals surface area contributed by atoms with Crippen LogP contribution >= 0.6 is 0 Å². The largest absolute Gasteiger partial charge is 0.876 e. The van der Waals surface area contributed by atoms with Crippen LogP contribution in [-0.4, -0.2) is 22.3 Å². The summed E-state index contributed by atoms with van der Waals surface area (Å²) in [6.45, 7) is 5.61. The number of hydrogen-bond acceptors (Lipinski definition) is 3. The smallest absolute Gasteiger partial charge is 0.332 e. The molecule has 0 aromatic heterocycles. The Balaban J connectivity index is 0. The van der Waals surface area contributed by atoms with Crippen molar-refractivity contribution < 1.29 is 20.1 Å². The van der Waals surface area contributed by atoms with Gasteiger partial charge in [-0.3, -0.25) is 0 Å². The van der Waals surface area contributed by atoms with Gasteiger partial charge >= 0.3 is 5.97 Å². The third-order valence-corrected chi connectivity index (χ3v) is 0.357. The van der Waals surface area contributed by atoms with Gasteiger partial charge in [-0.1, -0.05) is 6.92 Å². The Morgan fingerprint density at radius 3 is 1.80 bits per heavy atom. The highest BCUT2D eigenvalue weighted by Gasteiger charge is 2.01. The molecule has 1 atom stereocenters. The molecule has 0 spiro atoms. The van der Waals surface area contributed by atoms with E-state index in [0.717, 1.165) is 0 Å². The second-order valence-corrected chi connectivity index (χ2v) is 1.72. The van der Waals surface area contributed by atoms with Gasteiger partial charge in [0.25, 0.3) is 0 Å². The molecule has 0 radical (unpaired) electrons. The quantitative estimate of drug-likeness (QED) is 0.482. The molecular weight excluding hydrogens is 136 g/mol. The Bertz CT molecular complexity index is 113. The maximum atomic E-state index is 9.45. The second kappa shape index (κ2) is 6.10. The molecule has 0 aromatic carbocycles. The molecule has 2 N–H and O–H groups in total. The first-order chi connectivity index (χ1) is 4.37. The normalized spacial score (nSPS) is 10.7. The van der Waals surface area contributed by atoms with Crippen molar-refractivity contribution in [2.45, 2.75) is 20.0 Å². The Hall–Kier alpha value is -1.03. The van der Waals surface area contributed by atoms with Gasteiger partial charge in [-0.05, 0) is 6.92 Å². The topological polar surface area (TPSA) is 80.6 Å². The number of rotatable bonds is 1. The maximum Gasteiger partial charge on any atom is 0.332 e. The number of carboxylic acid groups (broad SMARTS) is 1. The van der Waals surface area contributed by atoms with Crippen LogP contribution < -0.4 is 5.11 Å². The number of aliphatic carboxylic acids is 1. The minimum Gasteiger partial charge on any atom is -0.876 e. The maximum absolute atomic E-state index is 9.45. The van der Waals surface area contributed by atoms with Crippen molar-refractivity contribution in [1.82, 2.24) is 0 Å². The summed E-state index contributed by atoms with van der Waals surface area (Å²) in [5.74, 6) is -1.27. The molecule has 0 heterocycles. The van der Waals surface area contributed by atoms with Gasteiger partial charge in [0, 0.05) is 0 Å². The predicted molar refractivity (Wildman–Crippen MR) is 34.1 cm³/mol. The molecule has 0 fully saturated rings. The van der Waals surface area contributed by atoms with E-state index in [4.69, 9.17) is 10.2 Å². The first-order valence-corrected chi connectivity index (χ1v) is 2.61. The van der Waals surface area contributed by atoms with Gasteiger partial charge in [-0.25, -0.2) is 4.79 Å². The van der Waals surface area contributed by atoms with Crippen LogP contribution in [0.3, 0.4) is 0 Å². The number of aliphatic hydroxyl groups is 1. The third kappa shape index (κ3) is 28.2. The lowest BCUT2D eigenvalue weighted by molar-refractivity contribution is -0.300. The summed E-state index contributed by atoms with van der Waals surface area (Å²) in [6, 6.07) is 0. The van der Waals surface area contributed by atoms with Crippen molar-refractivity contribution in [1.29, 1.82) is 0 Å². The monoisotopic (exact) mass is 147 g/mol. The lowest BCUT2D eigenvalue weighted by Crippen LogP contribution is -2.13. The van der Waals surface area contributed by atoms with Crippen LogP contribution in [0.2, 0.25) is 0 Å². The van der Waals surface area contributed by atoms with E-state index in [2.05, 4.69) is 6.58 Å². The summed E-state index contributed by atoms with van der Waals surface area (Å²) in [6.07, 6.45) is -1.23. The van der Waals surface area contributed by atoms with Crippen molar-refractivity contribution in [2.24, 2.45) is 0 Å². The highest BCUT2D eigenvalue weighted by atomic mass is 16.4. The summed E-state index contributed by atoms with van der Waals surface area (Å²) in [7, 11) is 0. The molecule has 0 rings (SSSR count). The van der Waals surface area contributed by atoms with Crippen molar-refractivity contribution in [3.8, 4) is 0 Å². The second-order valence-electron chi connectivity index (χ2n) is 1.72. The summed E-state index contributed by atoms with van der Waals surface area (Å²) >= 11 is 0. The van der Waals surface area contributed by atoms with Crippen molar-refractivity contribution in [3.05, 3.63) is 12.3 Å². The average Bonchev–Trinajstić information content (AvgIpc) is 1.63. The Labute approximate surface area is 59.4 Å². The predicted octanol–water partition coefficient (Wildman–Crippen LogP) is -0.668. The first-order valence-electron chi connectivity index (χ1n) is 2.61. The Morgan fingerprint density at radius 1 is 1.70 bits per heavy atom. The van der Waals surface area contributed by atoms with E-state index in [9.17, 15) is 9.90 Å². The Morgan fingerprint density at radius 2 is 1.80 bits per heavy atom. The summed E-state index contributed by atoms with van der Waals surface area (Å²) in [5, 5.41) is 25.1. The minimum absolute atomic E-state index is 0.0833. The van der Waals surface area contributed by atoms with E-state index in [0.29, 0.717) is 0 Å². The molecule has 60 valence electrons. The molecule has 4 nitrogen and oxygen atoms in total. The van der Waals surface area contributed by atoms with Gasteiger partial charge < -0.3 is 15.3 Å². The van der Waals surface area contributed by atoms with Gasteiger partial charge in [0.2, 0.25) is 0 Å².